The molecule has 0 aliphatic carbocycles. The second-order valence-electron chi connectivity index (χ2n) is 6.01. The molecule has 0 unspecified atom stereocenters. The van der Waals surface area contributed by atoms with Crippen molar-refractivity contribution in [2.75, 3.05) is 5.32 Å². The van der Waals surface area contributed by atoms with E-state index in [9.17, 15) is 9.59 Å². The zero-order valence-corrected chi connectivity index (χ0v) is 14.7. The van der Waals surface area contributed by atoms with Crippen molar-refractivity contribution in [3.63, 3.8) is 0 Å². The lowest BCUT2D eigenvalue weighted by Crippen LogP contribution is -2.21. The molecule has 0 saturated heterocycles. The quantitative estimate of drug-likeness (QED) is 0.485. The lowest BCUT2D eigenvalue weighted by molar-refractivity contribution is 0.102. The normalized spacial score (nSPS) is 11.0. The van der Waals surface area contributed by atoms with Crippen LogP contribution in [0.15, 0.2) is 105 Å². The van der Waals surface area contributed by atoms with Crippen molar-refractivity contribution in [2.45, 2.75) is 0 Å². The summed E-state index contributed by atoms with van der Waals surface area (Å²) in [5, 5.41) is 11.4. The second-order valence-corrected chi connectivity index (χ2v) is 6.01. The Labute approximate surface area is 160 Å². The molecule has 0 atom stereocenters. The minimum absolute atomic E-state index is 0.0495. The molecule has 0 radical (unpaired) electrons. The lowest BCUT2D eigenvalue weighted by atomic mass is 10.1. The van der Waals surface area contributed by atoms with Crippen LogP contribution in [0.5, 0.6) is 0 Å². The van der Waals surface area contributed by atoms with E-state index in [1.165, 1.54) is 6.26 Å². The molecule has 6 nitrogen and oxygen atoms in total. The number of nitrogens with zero attached hydrogens (tertiary/aromatic N) is 2. The van der Waals surface area contributed by atoms with Crippen molar-refractivity contribution in [1.82, 2.24) is 0 Å². The van der Waals surface area contributed by atoms with Crippen molar-refractivity contribution in [3.8, 4) is 0 Å². The van der Waals surface area contributed by atoms with Crippen LogP contribution >= 0.6 is 0 Å². The summed E-state index contributed by atoms with van der Waals surface area (Å²) in [5.74, 6) is -0.529. The summed E-state index contributed by atoms with van der Waals surface area (Å²) in [6.45, 7) is 0. The summed E-state index contributed by atoms with van der Waals surface area (Å²) in [4.78, 5) is 24.9. The number of para-hydroxylation sites is 1. The second kappa shape index (κ2) is 7.67. The summed E-state index contributed by atoms with van der Waals surface area (Å²) < 4.78 is 5.39. The van der Waals surface area contributed by atoms with E-state index in [0.717, 1.165) is 5.69 Å². The Kier molecular flexibility index (Phi) is 4.76. The topological polar surface area (TPSA) is 84.0 Å². The number of hydrogen-bond donors (Lipinski definition) is 1. The first-order chi connectivity index (χ1) is 13.7. The van der Waals surface area contributed by atoms with Crippen LogP contribution in [0.25, 0.3) is 11.0 Å². The van der Waals surface area contributed by atoms with E-state index < -0.39 is 5.91 Å². The van der Waals surface area contributed by atoms with Gasteiger partial charge in [0.15, 0.2) is 0 Å². The van der Waals surface area contributed by atoms with Crippen LogP contribution in [0, 0.1) is 0 Å². The highest BCUT2D eigenvalue weighted by Crippen LogP contribution is 2.20. The number of hydrogen-bond acceptors (Lipinski definition) is 5. The highest BCUT2D eigenvalue weighted by Gasteiger charge is 2.14. The van der Waals surface area contributed by atoms with Gasteiger partial charge >= 0.3 is 0 Å². The van der Waals surface area contributed by atoms with Gasteiger partial charge in [0.25, 0.3) is 5.91 Å². The van der Waals surface area contributed by atoms with Gasteiger partial charge in [0, 0.05) is 5.69 Å². The molecule has 28 heavy (non-hydrogen) atoms. The van der Waals surface area contributed by atoms with E-state index in [1.54, 1.807) is 48.5 Å². The molecule has 1 amide bonds. The maximum absolute atomic E-state index is 12.5. The molecule has 1 heterocycles. The molecule has 0 spiro atoms. The maximum atomic E-state index is 12.5. The molecule has 0 aliphatic rings. The first kappa shape index (κ1) is 17.4. The Bertz CT molecular complexity index is 1210. The molecule has 0 saturated carbocycles. The maximum Gasteiger partial charge on any atom is 0.262 e. The molecule has 136 valence electrons. The fourth-order valence-electron chi connectivity index (χ4n) is 2.65. The lowest BCUT2D eigenvalue weighted by Gasteiger charge is -2.05. The van der Waals surface area contributed by atoms with Crippen molar-refractivity contribution in [3.05, 3.63) is 101 Å². The van der Waals surface area contributed by atoms with Crippen LogP contribution in [0.1, 0.15) is 10.4 Å². The minimum atomic E-state index is -0.529. The largest absolute Gasteiger partial charge is 0.463 e. The van der Waals surface area contributed by atoms with E-state index in [-0.39, 0.29) is 11.0 Å². The van der Waals surface area contributed by atoms with Gasteiger partial charge in [-0.1, -0.05) is 30.3 Å². The van der Waals surface area contributed by atoms with E-state index in [1.807, 2.05) is 30.3 Å². The molecular weight excluding hydrogens is 354 g/mol. The van der Waals surface area contributed by atoms with Crippen LogP contribution in [-0.2, 0) is 0 Å². The van der Waals surface area contributed by atoms with Gasteiger partial charge in [0.1, 0.15) is 17.4 Å². The number of carbonyl (C=O) groups is 1. The van der Waals surface area contributed by atoms with Crippen LogP contribution < -0.4 is 10.7 Å². The van der Waals surface area contributed by atoms with E-state index in [2.05, 4.69) is 15.5 Å². The van der Waals surface area contributed by atoms with E-state index in [4.69, 9.17) is 4.42 Å². The fourth-order valence-corrected chi connectivity index (χ4v) is 2.65. The van der Waals surface area contributed by atoms with Crippen molar-refractivity contribution < 1.29 is 9.21 Å². The van der Waals surface area contributed by atoms with Crippen LogP contribution in [0.3, 0.4) is 0 Å². The van der Waals surface area contributed by atoms with Gasteiger partial charge in [-0.25, -0.2) is 0 Å². The molecule has 1 aromatic heterocycles. The number of amides is 1. The van der Waals surface area contributed by atoms with Crippen LogP contribution in [-0.4, -0.2) is 5.91 Å². The van der Waals surface area contributed by atoms with Gasteiger partial charge in [-0.2, -0.15) is 10.2 Å². The first-order valence-corrected chi connectivity index (χ1v) is 8.59. The number of carbonyl (C=O) groups excluding carboxylic acids is 1. The highest BCUT2D eigenvalue weighted by atomic mass is 16.3. The third-order valence-corrected chi connectivity index (χ3v) is 4.09. The van der Waals surface area contributed by atoms with E-state index in [0.29, 0.717) is 22.3 Å². The van der Waals surface area contributed by atoms with Crippen LogP contribution in [0.2, 0.25) is 0 Å². The molecule has 4 aromatic rings. The van der Waals surface area contributed by atoms with E-state index >= 15 is 0 Å². The molecule has 0 aliphatic heterocycles. The van der Waals surface area contributed by atoms with Crippen molar-refractivity contribution in [1.29, 1.82) is 0 Å². The van der Waals surface area contributed by atoms with Gasteiger partial charge < -0.3 is 9.73 Å². The Hall–Kier alpha value is -4.06. The molecular formula is C22H15N3O3. The summed E-state index contributed by atoms with van der Waals surface area (Å²) in [6.07, 6.45) is 1.18. The van der Waals surface area contributed by atoms with Crippen molar-refractivity contribution in [2.24, 2.45) is 10.2 Å². The number of azo groups is 1. The third kappa shape index (κ3) is 3.71. The van der Waals surface area contributed by atoms with Gasteiger partial charge in [-0.15, -0.1) is 0 Å². The molecule has 6 heteroatoms. The Morgan fingerprint density at radius 3 is 2.18 bits per heavy atom. The highest BCUT2D eigenvalue weighted by molar-refractivity contribution is 6.05. The predicted octanol–water partition coefficient (Wildman–Crippen LogP) is 5.46. The SMILES string of the molecule is O=C(Nc1ccc(N=Nc2ccccc2)cc1)c1coc2ccccc2c1=O. The van der Waals surface area contributed by atoms with Gasteiger partial charge in [-0.3, -0.25) is 9.59 Å². The molecule has 4 rings (SSSR count). The summed E-state index contributed by atoms with van der Waals surface area (Å²) in [6, 6.07) is 23.0. The first-order valence-electron chi connectivity index (χ1n) is 8.59. The van der Waals surface area contributed by atoms with Gasteiger partial charge in [0.05, 0.1) is 16.8 Å². The predicted molar refractivity (Wildman–Crippen MR) is 107 cm³/mol. The van der Waals surface area contributed by atoms with Crippen LogP contribution in [0.4, 0.5) is 17.1 Å². The number of fused-ring (bicyclic) bond motifs is 1. The average Bonchev–Trinajstić information content (AvgIpc) is 2.74. The number of rotatable bonds is 4. The van der Waals surface area contributed by atoms with Gasteiger partial charge in [0.2, 0.25) is 5.43 Å². The third-order valence-electron chi connectivity index (χ3n) is 4.09. The monoisotopic (exact) mass is 369 g/mol. The zero-order valence-electron chi connectivity index (χ0n) is 14.7. The fraction of sp³-hybridized carbons (Fsp3) is 0. The smallest absolute Gasteiger partial charge is 0.262 e. The molecule has 3 aromatic carbocycles. The zero-order chi connectivity index (χ0) is 19.3. The molecule has 0 bridgehead atoms. The Morgan fingerprint density at radius 2 is 1.43 bits per heavy atom. The number of anilines is 1. The summed E-state index contributed by atoms with van der Waals surface area (Å²) >= 11 is 0. The standard InChI is InChI=1S/C22H15N3O3/c26-21-18-8-4-5-9-20(18)28-14-19(21)22(27)23-15-10-12-17(13-11-15)25-24-16-6-2-1-3-7-16/h1-14H,(H,23,27). The van der Waals surface area contributed by atoms with Crippen molar-refractivity contribution >= 4 is 33.9 Å². The van der Waals surface area contributed by atoms with Gasteiger partial charge in [-0.05, 0) is 48.5 Å². The number of nitrogens with one attached hydrogen (secondary N) is 1. The average molecular weight is 369 g/mol. The number of benzene rings is 3. The molecule has 0 fully saturated rings. The summed E-state index contributed by atoms with van der Waals surface area (Å²) in [5.41, 5.74) is 1.96. The minimum Gasteiger partial charge on any atom is -0.463 e. The summed E-state index contributed by atoms with van der Waals surface area (Å²) in [7, 11) is 0. The Morgan fingerprint density at radius 1 is 0.786 bits per heavy atom. The Balaban J connectivity index is 1.50. The molecule has 1 N–H and O–H groups in total.